The first-order chi connectivity index (χ1) is 17.9. The molecule has 3 aromatic carbocycles. The van der Waals surface area contributed by atoms with Gasteiger partial charge in [-0.25, -0.2) is 0 Å². The number of methoxy groups -OCH3 is 4. The first kappa shape index (κ1) is 25.1. The molecule has 0 saturated carbocycles. The Bertz CT molecular complexity index is 1420. The molecule has 1 fully saturated rings. The lowest BCUT2D eigenvalue weighted by Gasteiger charge is -2.27. The van der Waals surface area contributed by atoms with E-state index in [2.05, 4.69) is 0 Å². The van der Waals surface area contributed by atoms with Crippen molar-refractivity contribution in [2.75, 3.05) is 33.3 Å². The Morgan fingerprint density at radius 2 is 1.41 bits per heavy atom. The lowest BCUT2D eigenvalue weighted by molar-refractivity contribution is -0.132. The third-order valence-corrected chi connectivity index (χ3v) is 6.11. The van der Waals surface area contributed by atoms with Crippen LogP contribution in [0.5, 0.6) is 23.0 Å². The van der Waals surface area contributed by atoms with Gasteiger partial charge < -0.3 is 24.1 Å². The van der Waals surface area contributed by atoms with E-state index in [9.17, 15) is 20.0 Å². The molecule has 37 heavy (non-hydrogen) atoms. The second-order valence-electron chi connectivity index (χ2n) is 7.95. The Hall–Kier alpha value is -4.97. The van der Waals surface area contributed by atoms with Crippen molar-refractivity contribution in [3.8, 4) is 29.1 Å². The van der Waals surface area contributed by atoms with E-state index in [1.54, 1.807) is 48.5 Å². The zero-order valence-corrected chi connectivity index (χ0v) is 20.6. The lowest BCUT2D eigenvalue weighted by Crippen LogP contribution is -2.29. The summed E-state index contributed by atoms with van der Waals surface area (Å²) in [6, 6.07) is 17.1. The molecule has 1 N–H and O–H groups in total. The van der Waals surface area contributed by atoms with Crippen LogP contribution < -0.4 is 23.8 Å². The number of carbonyl (C=O) groups excluding carboxylic acids is 2. The van der Waals surface area contributed by atoms with Crippen molar-refractivity contribution in [3.05, 3.63) is 82.9 Å². The molecular weight excluding hydrogens is 476 g/mol. The van der Waals surface area contributed by atoms with Crippen molar-refractivity contribution in [1.29, 1.82) is 5.26 Å². The Balaban J connectivity index is 2.07. The highest BCUT2D eigenvalue weighted by Gasteiger charge is 2.48. The fourth-order valence-electron chi connectivity index (χ4n) is 4.44. The molecule has 1 saturated heterocycles. The molecule has 0 aliphatic carbocycles. The number of nitriles is 1. The number of benzene rings is 3. The number of anilines is 1. The van der Waals surface area contributed by atoms with Crippen LogP contribution in [0.2, 0.25) is 0 Å². The van der Waals surface area contributed by atoms with Crippen molar-refractivity contribution in [2.24, 2.45) is 0 Å². The predicted octanol–water partition coefficient (Wildman–Crippen LogP) is 4.22. The van der Waals surface area contributed by atoms with Gasteiger partial charge >= 0.3 is 0 Å². The number of aliphatic hydroxyl groups is 1. The number of rotatable bonds is 7. The van der Waals surface area contributed by atoms with Crippen LogP contribution >= 0.6 is 0 Å². The number of ketones is 1. The summed E-state index contributed by atoms with van der Waals surface area (Å²) < 4.78 is 21.9. The minimum atomic E-state index is -1.10. The normalized spacial score (nSPS) is 16.3. The zero-order chi connectivity index (χ0) is 26.7. The van der Waals surface area contributed by atoms with Crippen molar-refractivity contribution >= 4 is 23.1 Å². The lowest BCUT2D eigenvalue weighted by atomic mass is 9.93. The SMILES string of the molecule is COc1cccc(C2/C(=C(\O)c3c(OC)cccc3OC)C(=O)C(=O)N2c2ccc(C#N)cc2)c1OC. The number of amides is 1. The van der Waals surface area contributed by atoms with Crippen molar-refractivity contribution in [3.63, 3.8) is 0 Å². The highest BCUT2D eigenvalue weighted by atomic mass is 16.5. The third kappa shape index (κ3) is 4.19. The topological polar surface area (TPSA) is 118 Å². The average molecular weight is 501 g/mol. The molecule has 1 aliphatic rings. The third-order valence-electron chi connectivity index (χ3n) is 6.11. The van der Waals surface area contributed by atoms with Gasteiger partial charge in [-0.1, -0.05) is 18.2 Å². The Kier molecular flexibility index (Phi) is 7.02. The molecule has 0 bridgehead atoms. The summed E-state index contributed by atoms with van der Waals surface area (Å²) >= 11 is 0. The van der Waals surface area contributed by atoms with E-state index in [0.717, 1.165) is 0 Å². The standard InChI is InChI=1S/C28H24N2O7/c1-34-19-8-6-9-20(35-2)22(19)25(31)23-24(18-7-5-10-21(36-3)27(18)37-4)30(28(33)26(23)32)17-13-11-16(15-29)12-14-17/h5-14,24,31H,1-4H3/b25-23+. The molecule has 188 valence electrons. The van der Waals surface area contributed by atoms with Crippen LogP contribution in [0.3, 0.4) is 0 Å². The molecule has 0 aromatic heterocycles. The minimum absolute atomic E-state index is 0.122. The second kappa shape index (κ2) is 10.3. The number of ether oxygens (including phenoxy) is 4. The molecule has 1 heterocycles. The maximum Gasteiger partial charge on any atom is 0.300 e. The largest absolute Gasteiger partial charge is 0.506 e. The summed E-state index contributed by atoms with van der Waals surface area (Å²) in [5.74, 6) is -1.09. The predicted molar refractivity (Wildman–Crippen MR) is 135 cm³/mol. The number of hydrogen-bond acceptors (Lipinski definition) is 8. The number of Topliss-reactive ketones (excluding diaryl/α,β-unsaturated/α-hetero) is 1. The van der Waals surface area contributed by atoms with E-state index in [4.69, 9.17) is 18.9 Å². The summed E-state index contributed by atoms with van der Waals surface area (Å²) in [5.41, 5.74) is 1.07. The van der Waals surface area contributed by atoms with Crippen LogP contribution in [-0.2, 0) is 9.59 Å². The van der Waals surface area contributed by atoms with Gasteiger partial charge in [-0.05, 0) is 42.5 Å². The molecule has 0 radical (unpaired) electrons. The monoisotopic (exact) mass is 500 g/mol. The number of carbonyl (C=O) groups is 2. The van der Waals surface area contributed by atoms with Gasteiger partial charge in [-0.15, -0.1) is 0 Å². The van der Waals surface area contributed by atoms with E-state index < -0.39 is 23.5 Å². The van der Waals surface area contributed by atoms with Gasteiger partial charge in [0.15, 0.2) is 11.5 Å². The molecule has 0 spiro atoms. The van der Waals surface area contributed by atoms with Gasteiger partial charge in [0.1, 0.15) is 22.8 Å². The minimum Gasteiger partial charge on any atom is -0.506 e. The fraction of sp³-hybridized carbons (Fsp3) is 0.179. The van der Waals surface area contributed by atoms with Crippen LogP contribution in [0.15, 0.2) is 66.2 Å². The Labute approximate surface area is 213 Å². The van der Waals surface area contributed by atoms with Gasteiger partial charge in [-0.3, -0.25) is 14.5 Å². The first-order valence-electron chi connectivity index (χ1n) is 11.1. The number of hydrogen-bond donors (Lipinski definition) is 1. The van der Waals surface area contributed by atoms with Crippen molar-refractivity contribution < 1.29 is 33.6 Å². The van der Waals surface area contributed by atoms with Gasteiger partial charge in [0.25, 0.3) is 11.7 Å². The number of para-hydroxylation sites is 1. The summed E-state index contributed by atoms with van der Waals surface area (Å²) in [7, 11) is 5.75. The smallest absolute Gasteiger partial charge is 0.300 e. The van der Waals surface area contributed by atoms with Crippen LogP contribution in [0.1, 0.15) is 22.7 Å². The van der Waals surface area contributed by atoms with Crippen LogP contribution in [-0.4, -0.2) is 45.2 Å². The van der Waals surface area contributed by atoms with E-state index in [1.165, 1.54) is 45.5 Å². The van der Waals surface area contributed by atoms with E-state index >= 15 is 0 Å². The Morgan fingerprint density at radius 3 is 1.95 bits per heavy atom. The maximum absolute atomic E-state index is 13.5. The molecule has 9 nitrogen and oxygen atoms in total. The molecule has 1 amide bonds. The van der Waals surface area contributed by atoms with Gasteiger partial charge in [0.05, 0.1) is 51.7 Å². The highest BCUT2D eigenvalue weighted by molar-refractivity contribution is 6.51. The molecule has 3 aromatic rings. The van der Waals surface area contributed by atoms with Crippen LogP contribution in [0.25, 0.3) is 5.76 Å². The van der Waals surface area contributed by atoms with E-state index in [1.807, 2.05) is 6.07 Å². The summed E-state index contributed by atoms with van der Waals surface area (Å²) in [6.45, 7) is 0. The van der Waals surface area contributed by atoms with E-state index in [0.29, 0.717) is 22.6 Å². The summed E-state index contributed by atoms with van der Waals surface area (Å²) in [4.78, 5) is 28.3. The zero-order valence-electron chi connectivity index (χ0n) is 20.6. The molecule has 1 atom stereocenters. The molecule has 1 unspecified atom stereocenters. The molecule has 4 rings (SSSR count). The molecule has 9 heteroatoms. The van der Waals surface area contributed by atoms with Crippen molar-refractivity contribution in [1.82, 2.24) is 0 Å². The van der Waals surface area contributed by atoms with E-state index in [-0.39, 0.29) is 28.4 Å². The van der Waals surface area contributed by atoms with Crippen molar-refractivity contribution in [2.45, 2.75) is 6.04 Å². The second-order valence-corrected chi connectivity index (χ2v) is 7.95. The Morgan fingerprint density at radius 1 is 0.838 bits per heavy atom. The van der Waals surface area contributed by atoms with Gasteiger partial charge in [0, 0.05) is 11.3 Å². The highest BCUT2D eigenvalue weighted by Crippen LogP contribution is 2.48. The summed E-state index contributed by atoms with van der Waals surface area (Å²) in [6.07, 6.45) is 0. The quantitative estimate of drug-likeness (QED) is 0.291. The maximum atomic E-state index is 13.5. The van der Waals surface area contributed by atoms with Crippen LogP contribution in [0, 0.1) is 11.3 Å². The number of nitrogens with zero attached hydrogens (tertiary/aromatic N) is 2. The molecule has 1 aliphatic heterocycles. The van der Waals surface area contributed by atoms with Gasteiger partial charge in [0.2, 0.25) is 0 Å². The van der Waals surface area contributed by atoms with Gasteiger partial charge in [-0.2, -0.15) is 5.26 Å². The van der Waals surface area contributed by atoms with Crippen LogP contribution in [0.4, 0.5) is 5.69 Å². The molecular formula is C28H24N2O7. The number of aliphatic hydroxyl groups excluding tert-OH is 1. The average Bonchev–Trinajstić information content (AvgIpc) is 3.21. The first-order valence-corrected chi connectivity index (χ1v) is 11.1. The summed E-state index contributed by atoms with van der Waals surface area (Å²) in [5, 5.41) is 20.8. The fourth-order valence-corrected chi connectivity index (χ4v) is 4.44.